The number of aromatic nitrogens is 2. The Balaban J connectivity index is 2.06. The van der Waals surface area contributed by atoms with Gasteiger partial charge in [-0.15, -0.1) is 11.8 Å². The molecule has 0 atom stereocenters. The van der Waals surface area contributed by atoms with Crippen molar-refractivity contribution in [3.63, 3.8) is 0 Å². The first-order valence-corrected chi connectivity index (χ1v) is 7.08. The number of benzene rings is 1. The van der Waals surface area contributed by atoms with E-state index in [1.165, 1.54) is 23.9 Å². The predicted molar refractivity (Wildman–Crippen MR) is 75.5 cm³/mol. The maximum absolute atomic E-state index is 13.1. The minimum absolute atomic E-state index is 0.223. The van der Waals surface area contributed by atoms with Gasteiger partial charge in [-0.3, -0.25) is 0 Å². The maximum Gasteiger partial charge on any atom is 0.139 e. The Hall–Kier alpha value is -1.46. The largest absolute Gasteiger partial charge is 0.330 e. The molecule has 0 radical (unpaired) electrons. The van der Waals surface area contributed by atoms with Crippen LogP contribution in [0.4, 0.5) is 4.39 Å². The second-order valence-corrected chi connectivity index (χ2v) is 5.25. The summed E-state index contributed by atoms with van der Waals surface area (Å²) in [7, 11) is 0. The van der Waals surface area contributed by atoms with Gasteiger partial charge in [0.15, 0.2) is 0 Å². The Morgan fingerprint density at radius 3 is 2.84 bits per heavy atom. The molecule has 1 heterocycles. The van der Waals surface area contributed by atoms with Crippen LogP contribution in [0.3, 0.4) is 0 Å². The van der Waals surface area contributed by atoms with Crippen LogP contribution < -0.4 is 5.73 Å². The summed E-state index contributed by atoms with van der Waals surface area (Å²) in [5.41, 5.74) is 7.44. The molecule has 2 N–H and O–H groups in total. The number of thioether (sulfide) groups is 1. The fraction of sp³-hybridized carbons (Fsp3) is 0.286. The van der Waals surface area contributed by atoms with Gasteiger partial charge in [-0.05, 0) is 37.7 Å². The van der Waals surface area contributed by atoms with Crippen molar-refractivity contribution in [2.45, 2.75) is 24.0 Å². The first kappa shape index (κ1) is 14.0. The summed E-state index contributed by atoms with van der Waals surface area (Å²) in [5, 5.41) is 0. The molecule has 0 aliphatic heterocycles. The van der Waals surface area contributed by atoms with E-state index in [2.05, 4.69) is 9.97 Å². The van der Waals surface area contributed by atoms with E-state index < -0.39 is 0 Å². The van der Waals surface area contributed by atoms with Crippen LogP contribution in [0.25, 0.3) is 0 Å². The van der Waals surface area contributed by atoms with Gasteiger partial charge in [0.2, 0.25) is 0 Å². The van der Waals surface area contributed by atoms with E-state index in [0.29, 0.717) is 12.3 Å². The SMILES string of the molecule is Cc1cc(CCN)nc(CSc2cccc(F)c2)n1. The van der Waals surface area contributed by atoms with Gasteiger partial charge < -0.3 is 5.73 Å². The average Bonchev–Trinajstić information content (AvgIpc) is 2.36. The summed E-state index contributed by atoms with van der Waals surface area (Å²) in [4.78, 5) is 9.72. The van der Waals surface area contributed by atoms with Crippen molar-refractivity contribution in [3.05, 3.63) is 53.4 Å². The van der Waals surface area contributed by atoms with Crippen molar-refractivity contribution in [3.8, 4) is 0 Å². The van der Waals surface area contributed by atoms with Crippen LogP contribution in [0.1, 0.15) is 17.2 Å². The zero-order chi connectivity index (χ0) is 13.7. The van der Waals surface area contributed by atoms with E-state index >= 15 is 0 Å². The van der Waals surface area contributed by atoms with Crippen molar-refractivity contribution in [2.75, 3.05) is 6.54 Å². The van der Waals surface area contributed by atoms with Crippen LogP contribution in [0, 0.1) is 12.7 Å². The second-order valence-electron chi connectivity index (χ2n) is 4.20. The van der Waals surface area contributed by atoms with Crippen molar-refractivity contribution in [2.24, 2.45) is 5.73 Å². The van der Waals surface area contributed by atoms with E-state index in [0.717, 1.165) is 28.5 Å². The van der Waals surface area contributed by atoms with E-state index in [1.807, 2.05) is 19.1 Å². The molecule has 19 heavy (non-hydrogen) atoms. The summed E-state index contributed by atoms with van der Waals surface area (Å²) in [6, 6.07) is 8.48. The van der Waals surface area contributed by atoms with Gasteiger partial charge in [0.05, 0.1) is 5.75 Å². The van der Waals surface area contributed by atoms with Crippen molar-refractivity contribution in [1.82, 2.24) is 9.97 Å². The third-order valence-electron chi connectivity index (χ3n) is 2.52. The highest BCUT2D eigenvalue weighted by Gasteiger charge is 2.04. The van der Waals surface area contributed by atoms with E-state index in [1.54, 1.807) is 6.07 Å². The Kier molecular flexibility index (Phi) is 4.87. The zero-order valence-corrected chi connectivity index (χ0v) is 11.6. The van der Waals surface area contributed by atoms with Crippen LogP contribution in [-0.2, 0) is 12.2 Å². The first-order chi connectivity index (χ1) is 9.17. The zero-order valence-electron chi connectivity index (χ0n) is 10.8. The first-order valence-electron chi connectivity index (χ1n) is 6.09. The number of nitrogens with two attached hydrogens (primary N) is 1. The number of rotatable bonds is 5. The van der Waals surface area contributed by atoms with Crippen LogP contribution in [0.15, 0.2) is 35.2 Å². The lowest BCUT2D eigenvalue weighted by Gasteiger charge is -2.05. The standard InChI is InChI=1S/C14H16FN3S/c1-10-7-12(5-6-16)18-14(17-10)9-19-13-4-2-3-11(15)8-13/h2-4,7-8H,5-6,9,16H2,1H3. The number of hydrogen-bond donors (Lipinski definition) is 1. The second kappa shape index (κ2) is 6.63. The van der Waals surface area contributed by atoms with Crippen molar-refractivity contribution < 1.29 is 4.39 Å². The van der Waals surface area contributed by atoms with Gasteiger partial charge >= 0.3 is 0 Å². The summed E-state index contributed by atoms with van der Waals surface area (Å²) >= 11 is 1.53. The molecule has 0 aliphatic rings. The molecule has 100 valence electrons. The molecule has 0 saturated carbocycles. The van der Waals surface area contributed by atoms with E-state index in [-0.39, 0.29) is 5.82 Å². The molecule has 0 fully saturated rings. The minimum Gasteiger partial charge on any atom is -0.330 e. The van der Waals surface area contributed by atoms with Gasteiger partial charge in [0.1, 0.15) is 11.6 Å². The Morgan fingerprint density at radius 2 is 2.11 bits per heavy atom. The van der Waals surface area contributed by atoms with Crippen LogP contribution in [0.5, 0.6) is 0 Å². The molecule has 0 spiro atoms. The molecule has 0 saturated heterocycles. The van der Waals surface area contributed by atoms with Gasteiger partial charge in [-0.2, -0.15) is 0 Å². The molecule has 3 nitrogen and oxygen atoms in total. The van der Waals surface area contributed by atoms with Crippen LogP contribution >= 0.6 is 11.8 Å². The Bertz CT molecular complexity index is 560. The third kappa shape index (κ3) is 4.29. The quantitative estimate of drug-likeness (QED) is 0.854. The predicted octanol–water partition coefficient (Wildman–Crippen LogP) is 2.72. The van der Waals surface area contributed by atoms with Gasteiger partial charge in [-0.1, -0.05) is 6.07 Å². The minimum atomic E-state index is -0.223. The number of hydrogen-bond acceptors (Lipinski definition) is 4. The topological polar surface area (TPSA) is 51.8 Å². The lowest BCUT2D eigenvalue weighted by molar-refractivity contribution is 0.624. The molecule has 0 unspecified atom stereocenters. The fourth-order valence-corrected chi connectivity index (χ4v) is 2.54. The van der Waals surface area contributed by atoms with Crippen molar-refractivity contribution >= 4 is 11.8 Å². The lowest BCUT2D eigenvalue weighted by atomic mass is 10.2. The molecular formula is C14H16FN3S. The number of halogens is 1. The molecule has 1 aromatic carbocycles. The molecule has 0 bridgehead atoms. The molecule has 5 heteroatoms. The summed E-state index contributed by atoms with van der Waals surface area (Å²) < 4.78 is 13.1. The van der Waals surface area contributed by atoms with E-state index in [4.69, 9.17) is 5.73 Å². The maximum atomic E-state index is 13.1. The highest BCUT2D eigenvalue weighted by molar-refractivity contribution is 7.98. The molecule has 0 amide bonds. The van der Waals surface area contributed by atoms with E-state index in [9.17, 15) is 4.39 Å². The smallest absolute Gasteiger partial charge is 0.139 e. The molecule has 2 aromatic rings. The lowest BCUT2D eigenvalue weighted by Crippen LogP contribution is -2.07. The molecule has 1 aromatic heterocycles. The van der Waals surface area contributed by atoms with Gasteiger partial charge in [-0.25, -0.2) is 14.4 Å². The number of nitrogens with zero attached hydrogens (tertiary/aromatic N) is 2. The highest BCUT2D eigenvalue weighted by Crippen LogP contribution is 2.22. The normalized spacial score (nSPS) is 10.7. The number of aryl methyl sites for hydroxylation is 1. The monoisotopic (exact) mass is 277 g/mol. The Labute approximate surface area is 116 Å². The van der Waals surface area contributed by atoms with Gasteiger partial charge in [0.25, 0.3) is 0 Å². The fourth-order valence-electron chi connectivity index (χ4n) is 1.75. The third-order valence-corrected chi connectivity index (χ3v) is 3.51. The summed E-state index contributed by atoms with van der Waals surface area (Å²) in [6.45, 7) is 2.52. The Morgan fingerprint density at radius 1 is 1.26 bits per heavy atom. The summed E-state index contributed by atoms with van der Waals surface area (Å²) in [5.74, 6) is 1.17. The average molecular weight is 277 g/mol. The van der Waals surface area contributed by atoms with Gasteiger partial charge in [0, 0.05) is 22.7 Å². The van der Waals surface area contributed by atoms with Crippen LogP contribution in [0.2, 0.25) is 0 Å². The van der Waals surface area contributed by atoms with Crippen molar-refractivity contribution in [1.29, 1.82) is 0 Å². The molecular weight excluding hydrogens is 261 g/mol. The molecule has 0 aliphatic carbocycles. The molecule has 2 rings (SSSR count). The highest BCUT2D eigenvalue weighted by atomic mass is 32.2. The summed E-state index contributed by atoms with van der Waals surface area (Å²) in [6.07, 6.45) is 0.751. The van der Waals surface area contributed by atoms with Crippen LogP contribution in [-0.4, -0.2) is 16.5 Å².